The van der Waals surface area contributed by atoms with Crippen molar-refractivity contribution < 1.29 is 29.3 Å². The molecule has 180 valence electrons. The van der Waals surface area contributed by atoms with Crippen LogP contribution in [0.5, 0.6) is 0 Å². The summed E-state index contributed by atoms with van der Waals surface area (Å²) in [7, 11) is 0. The van der Waals surface area contributed by atoms with Gasteiger partial charge in [-0.05, 0) is 35.1 Å². The second-order valence-electron chi connectivity index (χ2n) is 9.09. The van der Waals surface area contributed by atoms with E-state index < -0.39 is 29.6 Å². The van der Waals surface area contributed by atoms with Crippen LogP contribution < -0.4 is 10.6 Å². The fourth-order valence-corrected chi connectivity index (χ4v) is 5.19. The molecule has 0 spiro atoms. The Morgan fingerprint density at radius 3 is 2.15 bits per heavy atom. The van der Waals surface area contributed by atoms with E-state index >= 15 is 0 Å². The van der Waals surface area contributed by atoms with E-state index in [9.17, 15) is 19.5 Å². The summed E-state index contributed by atoms with van der Waals surface area (Å²) >= 11 is 0. The molecule has 0 radical (unpaired) electrons. The van der Waals surface area contributed by atoms with Gasteiger partial charge in [0.05, 0.1) is 5.54 Å². The lowest BCUT2D eigenvalue weighted by Gasteiger charge is -2.30. The molecule has 0 aliphatic heterocycles. The minimum absolute atomic E-state index is 0.0353. The Kier molecular flexibility index (Phi) is 7.17. The minimum Gasteiger partial charge on any atom is -0.480 e. The van der Waals surface area contributed by atoms with Crippen molar-refractivity contribution in [3.05, 3.63) is 59.7 Å². The SMILES string of the molecule is O=C(CC1(NC(=O)OCC2c3ccccc3-c3ccccc32)CCCC1)N[C@@H](CCO)C(=O)O. The van der Waals surface area contributed by atoms with Crippen molar-refractivity contribution in [1.82, 2.24) is 10.6 Å². The summed E-state index contributed by atoms with van der Waals surface area (Å²) in [6, 6.07) is 15.0. The lowest BCUT2D eigenvalue weighted by Crippen LogP contribution is -2.51. The van der Waals surface area contributed by atoms with Crippen molar-refractivity contribution in [2.24, 2.45) is 0 Å². The van der Waals surface area contributed by atoms with E-state index in [2.05, 4.69) is 34.9 Å². The van der Waals surface area contributed by atoms with Crippen LogP contribution >= 0.6 is 0 Å². The fraction of sp³-hybridized carbons (Fsp3) is 0.423. The van der Waals surface area contributed by atoms with Crippen LogP contribution in [0.2, 0.25) is 0 Å². The normalized spacial score (nSPS) is 16.9. The van der Waals surface area contributed by atoms with Gasteiger partial charge in [0, 0.05) is 25.4 Å². The van der Waals surface area contributed by atoms with E-state index in [0.717, 1.165) is 35.1 Å². The number of rotatable bonds is 9. The largest absolute Gasteiger partial charge is 0.480 e. The van der Waals surface area contributed by atoms with E-state index in [4.69, 9.17) is 9.84 Å². The van der Waals surface area contributed by atoms with Crippen LogP contribution in [0, 0.1) is 0 Å². The molecule has 34 heavy (non-hydrogen) atoms. The second-order valence-corrected chi connectivity index (χ2v) is 9.09. The van der Waals surface area contributed by atoms with E-state index in [-0.39, 0.29) is 32.0 Å². The molecule has 0 aromatic heterocycles. The van der Waals surface area contributed by atoms with Gasteiger partial charge in [-0.2, -0.15) is 0 Å². The van der Waals surface area contributed by atoms with Crippen LogP contribution in [0.3, 0.4) is 0 Å². The number of amides is 2. The van der Waals surface area contributed by atoms with Gasteiger partial charge < -0.3 is 25.6 Å². The van der Waals surface area contributed by atoms with Crippen molar-refractivity contribution in [3.63, 3.8) is 0 Å². The zero-order chi connectivity index (χ0) is 24.1. The Hall–Kier alpha value is -3.39. The van der Waals surface area contributed by atoms with E-state index in [1.807, 2.05) is 24.3 Å². The monoisotopic (exact) mass is 466 g/mol. The number of aliphatic carboxylic acids is 1. The molecule has 4 N–H and O–H groups in total. The first kappa shape index (κ1) is 23.8. The molecule has 4 rings (SSSR count). The molecule has 8 nitrogen and oxygen atoms in total. The number of hydrogen-bond donors (Lipinski definition) is 4. The molecular weight excluding hydrogens is 436 g/mol. The van der Waals surface area contributed by atoms with Crippen molar-refractivity contribution >= 4 is 18.0 Å². The third-order valence-corrected chi connectivity index (χ3v) is 6.82. The standard InChI is InChI=1S/C26H30N2O6/c29-14-11-22(24(31)32)27-23(30)15-26(12-5-6-13-26)28-25(33)34-16-21-19-9-3-1-7-17(19)18-8-2-4-10-20(18)21/h1-4,7-10,21-22,29H,5-6,11-16H2,(H,27,30)(H,28,33)(H,31,32)/t22-/m0/s1. The van der Waals surface area contributed by atoms with E-state index in [1.54, 1.807) is 0 Å². The molecule has 1 atom stereocenters. The molecule has 2 aromatic carbocycles. The number of nitrogens with one attached hydrogen (secondary N) is 2. The van der Waals surface area contributed by atoms with Crippen LogP contribution in [-0.2, 0) is 14.3 Å². The van der Waals surface area contributed by atoms with Gasteiger partial charge in [0.2, 0.25) is 5.91 Å². The van der Waals surface area contributed by atoms with Crippen molar-refractivity contribution in [1.29, 1.82) is 0 Å². The number of benzene rings is 2. The van der Waals surface area contributed by atoms with Gasteiger partial charge >= 0.3 is 12.1 Å². The van der Waals surface area contributed by atoms with Crippen LogP contribution in [-0.4, -0.2) is 53.0 Å². The van der Waals surface area contributed by atoms with Crippen LogP contribution in [0.4, 0.5) is 4.79 Å². The number of fused-ring (bicyclic) bond motifs is 3. The zero-order valence-corrected chi connectivity index (χ0v) is 19.0. The number of ether oxygens (including phenoxy) is 1. The summed E-state index contributed by atoms with van der Waals surface area (Å²) in [6.45, 7) is -0.167. The maximum atomic E-state index is 12.8. The molecule has 0 bridgehead atoms. The highest BCUT2D eigenvalue weighted by molar-refractivity contribution is 5.85. The maximum Gasteiger partial charge on any atom is 0.407 e. The predicted molar refractivity (Wildman–Crippen MR) is 125 cm³/mol. The molecule has 2 aromatic rings. The fourth-order valence-electron chi connectivity index (χ4n) is 5.19. The number of hydrogen-bond acceptors (Lipinski definition) is 5. The van der Waals surface area contributed by atoms with Crippen LogP contribution in [0.1, 0.15) is 55.6 Å². The van der Waals surface area contributed by atoms with Gasteiger partial charge in [-0.1, -0.05) is 61.4 Å². The topological polar surface area (TPSA) is 125 Å². The Morgan fingerprint density at radius 1 is 1.00 bits per heavy atom. The molecule has 2 amide bonds. The Balaban J connectivity index is 1.39. The first-order valence-electron chi connectivity index (χ1n) is 11.7. The van der Waals surface area contributed by atoms with Gasteiger partial charge in [0.1, 0.15) is 12.6 Å². The Bertz CT molecular complexity index is 1020. The molecule has 0 saturated heterocycles. The second kappa shape index (κ2) is 10.3. The average molecular weight is 467 g/mol. The lowest BCUT2D eigenvalue weighted by molar-refractivity contribution is -0.142. The average Bonchev–Trinajstić information content (AvgIpc) is 3.39. The number of aliphatic hydroxyl groups excluding tert-OH is 1. The number of alkyl carbamates (subject to hydrolysis) is 1. The highest BCUT2D eigenvalue weighted by Crippen LogP contribution is 2.44. The number of carbonyl (C=O) groups is 3. The first-order chi connectivity index (χ1) is 16.4. The number of carboxylic acids is 1. The molecule has 8 heteroatoms. The quantitative estimate of drug-likeness (QED) is 0.450. The van der Waals surface area contributed by atoms with Gasteiger partial charge in [0.25, 0.3) is 0 Å². The highest BCUT2D eigenvalue weighted by atomic mass is 16.5. The molecule has 0 unspecified atom stereocenters. The Labute approximate surface area is 198 Å². The molecule has 2 aliphatic carbocycles. The molecule has 2 aliphatic rings. The van der Waals surface area contributed by atoms with E-state index in [0.29, 0.717) is 12.8 Å². The zero-order valence-electron chi connectivity index (χ0n) is 19.0. The molecule has 1 fully saturated rings. The third kappa shape index (κ3) is 5.07. The van der Waals surface area contributed by atoms with Crippen molar-refractivity contribution in [2.45, 2.75) is 56.0 Å². The van der Waals surface area contributed by atoms with Crippen LogP contribution in [0.15, 0.2) is 48.5 Å². The minimum atomic E-state index is -1.20. The smallest absolute Gasteiger partial charge is 0.407 e. The van der Waals surface area contributed by atoms with Gasteiger partial charge in [-0.15, -0.1) is 0 Å². The maximum absolute atomic E-state index is 12.8. The lowest BCUT2D eigenvalue weighted by atomic mass is 9.92. The highest BCUT2D eigenvalue weighted by Gasteiger charge is 2.39. The molecule has 1 saturated carbocycles. The van der Waals surface area contributed by atoms with Crippen molar-refractivity contribution in [2.75, 3.05) is 13.2 Å². The number of carboxylic acid groups (broad SMARTS) is 1. The predicted octanol–water partition coefficient (Wildman–Crippen LogP) is 3.18. The summed E-state index contributed by atoms with van der Waals surface area (Å²) in [4.78, 5) is 36.7. The summed E-state index contributed by atoms with van der Waals surface area (Å²) in [6.07, 6.45) is 2.25. The summed E-state index contributed by atoms with van der Waals surface area (Å²) < 4.78 is 5.66. The summed E-state index contributed by atoms with van der Waals surface area (Å²) in [5, 5.41) is 23.6. The van der Waals surface area contributed by atoms with E-state index in [1.165, 1.54) is 0 Å². The molecule has 0 heterocycles. The summed E-state index contributed by atoms with van der Waals surface area (Å²) in [5.74, 6) is -1.73. The van der Waals surface area contributed by atoms with Crippen molar-refractivity contribution in [3.8, 4) is 11.1 Å². The van der Waals surface area contributed by atoms with Gasteiger partial charge in [-0.3, -0.25) is 4.79 Å². The first-order valence-corrected chi connectivity index (χ1v) is 11.7. The van der Waals surface area contributed by atoms with Crippen LogP contribution in [0.25, 0.3) is 11.1 Å². The number of aliphatic hydroxyl groups is 1. The molecular formula is C26H30N2O6. The van der Waals surface area contributed by atoms with Gasteiger partial charge in [0.15, 0.2) is 0 Å². The number of carbonyl (C=O) groups excluding carboxylic acids is 2. The van der Waals surface area contributed by atoms with Gasteiger partial charge in [-0.25, -0.2) is 9.59 Å². The summed E-state index contributed by atoms with van der Waals surface area (Å²) in [5.41, 5.74) is 3.76. The Morgan fingerprint density at radius 2 is 1.59 bits per heavy atom. The third-order valence-electron chi connectivity index (χ3n) is 6.82.